The van der Waals surface area contributed by atoms with Crippen molar-refractivity contribution in [2.45, 2.75) is 45.2 Å². The van der Waals surface area contributed by atoms with E-state index in [-0.39, 0.29) is 5.91 Å². The molecule has 4 rings (SSSR count). The van der Waals surface area contributed by atoms with Crippen LogP contribution in [-0.2, 0) is 13.1 Å². The summed E-state index contributed by atoms with van der Waals surface area (Å²) < 4.78 is 2.16. The molecule has 1 fully saturated rings. The summed E-state index contributed by atoms with van der Waals surface area (Å²) in [6, 6.07) is 5.74. The summed E-state index contributed by atoms with van der Waals surface area (Å²) in [6.45, 7) is 4.90. The van der Waals surface area contributed by atoms with E-state index in [9.17, 15) is 4.79 Å². The van der Waals surface area contributed by atoms with Crippen LogP contribution in [0, 0.1) is 11.8 Å². The van der Waals surface area contributed by atoms with Crippen molar-refractivity contribution in [1.29, 1.82) is 0 Å². The van der Waals surface area contributed by atoms with Gasteiger partial charge in [0.1, 0.15) is 0 Å². The Morgan fingerprint density at radius 2 is 2.04 bits per heavy atom. The van der Waals surface area contributed by atoms with Crippen LogP contribution in [0.3, 0.4) is 0 Å². The van der Waals surface area contributed by atoms with Crippen LogP contribution < -0.4 is 5.32 Å². The fraction of sp³-hybridized carbons (Fsp3) is 0.571. The van der Waals surface area contributed by atoms with Gasteiger partial charge in [0, 0.05) is 51.3 Å². The maximum absolute atomic E-state index is 12.2. The summed E-state index contributed by atoms with van der Waals surface area (Å²) in [4.78, 5) is 18.9. The van der Waals surface area contributed by atoms with E-state index < -0.39 is 0 Å². The van der Waals surface area contributed by atoms with Gasteiger partial charge >= 0.3 is 0 Å². The quantitative estimate of drug-likeness (QED) is 0.853. The lowest BCUT2D eigenvalue weighted by atomic mass is 10.0. The molecule has 0 radical (unpaired) electrons. The Morgan fingerprint density at radius 1 is 1.15 bits per heavy atom. The molecule has 0 aromatic carbocycles. The van der Waals surface area contributed by atoms with Crippen molar-refractivity contribution in [3.05, 3.63) is 48.0 Å². The first-order chi connectivity index (χ1) is 13.3. The van der Waals surface area contributed by atoms with Crippen molar-refractivity contribution < 1.29 is 4.79 Å². The average Bonchev–Trinajstić information content (AvgIpc) is 3.32. The number of carbonyl (C=O) groups is 1. The normalized spacial score (nSPS) is 21.0. The first kappa shape index (κ1) is 18.2. The van der Waals surface area contributed by atoms with Gasteiger partial charge in [-0.1, -0.05) is 12.8 Å². The predicted molar refractivity (Wildman–Crippen MR) is 104 cm³/mol. The highest BCUT2D eigenvalue weighted by molar-refractivity contribution is 5.93. The van der Waals surface area contributed by atoms with Crippen LogP contribution in [0.4, 0.5) is 0 Å². The van der Waals surface area contributed by atoms with E-state index >= 15 is 0 Å². The molecule has 144 valence electrons. The highest BCUT2D eigenvalue weighted by atomic mass is 16.1. The van der Waals surface area contributed by atoms with Crippen molar-refractivity contribution in [3.8, 4) is 0 Å². The third-order valence-corrected chi connectivity index (χ3v) is 5.89. The third kappa shape index (κ3) is 4.75. The van der Waals surface area contributed by atoms with Crippen molar-refractivity contribution in [2.75, 3.05) is 19.6 Å². The summed E-state index contributed by atoms with van der Waals surface area (Å²) in [5.74, 6) is 1.31. The predicted octanol–water partition coefficient (Wildman–Crippen LogP) is 2.72. The maximum atomic E-state index is 12.2. The smallest absolute Gasteiger partial charge is 0.252 e. The number of nitrogens with zero attached hydrogens (tertiary/aromatic N) is 4. The Bertz CT molecular complexity index is 738. The molecule has 2 aromatic heterocycles. The van der Waals surface area contributed by atoms with Crippen LogP contribution in [0.25, 0.3) is 0 Å². The molecule has 27 heavy (non-hydrogen) atoms. The van der Waals surface area contributed by atoms with Crippen LogP contribution in [0.5, 0.6) is 0 Å². The van der Waals surface area contributed by atoms with Crippen LogP contribution in [0.2, 0.25) is 0 Å². The zero-order chi connectivity index (χ0) is 18.5. The van der Waals surface area contributed by atoms with Gasteiger partial charge < -0.3 is 5.32 Å². The molecule has 0 bridgehead atoms. The number of amides is 1. The lowest BCUT2D eigenvalue weighted by molar-refractivity contribution is 0.0949. The maximum Gasteiger partial charge on any atom is 0.252 e. The van der Waals surface area contributed by atoms with E-state index in [1.807, 2.05) is 6.20 Å². The molecule has 1 saturated carbocycles. The minimum Gasteiger partial charge on any atom is -0.352 e. The number of hydrogen-bond donors (Lipinski definition) is 1. The van der Waals surface area contributed by atoms with Gasteiger partial charge in [-0.05, 0) is 49.3 Å². The van der Waals surface area contributed by atoms with Gasteiger partial charge in [0.15, 0.2) is 0 Å². The summed E-state index contributed by atoms with van der Waals surface area (Å²) in [5.41, 5.74) is 1.94. The summed E-state index contributed by atoms with van der Waals surface area (Å²) in [5, 5.41) is 7.56. The topological polar surface area (TPSA) is 63.1 Å². The minimum absolute atomic E-state index is 0.0423. The summed E-state index contributed by atoms with van der Waals surface area (Å²) in [7, 11) is 0. The van der Waals surface area contributed by atoms with E-state index in [0.29, 0.717) is 18.0 Å². The van der Waals surface area contributed by atoms with Gasteiger partial charge in [0.05, 0.1) is 11.3 Å². The van der Waals surface area contributed by atoms with Crippen LogP contribution in [0.1, 0.15) is 48.2 Å². The van der Waals surface area contributed by atoms with Crippen molar-refractivity contribution in [1.82, 2.24) is 25.0 Å². The van der Waals surface area contributed by atoms with E-state index in [2.05, 4.69) is 31.0 Å². The van der Waals surface area contributed by atoms with Gasteiger partial charge in [0.2, 0.25) is 0 Å². The monoisotopic (exact) mass is 367 g/mol. The molecule has 1 atom stereocenters. The molecule has 0 saturated heterocycles. The van der Waals surface area contributed by atoms with E-state index in [1.54, 1.807) is 24.5 Å². The molecule has 1 N–H and O–H groups in total. The van der Waals surface area contributed by atoms with Gasteiger partial charge in [-0.25, -0.2) is 0 Å². The molecular weight excluding hydrogens is 338 g/mol. The molecule has 1 unspecified atom stereocenters. The molecule has 2 aliphatic rings. The van der Waals surface area contributed by atoms with Crippen LogP contribution in [-0.4, -0.2) is 45.2 Å². The number of pyridine rings is 1. The highest BCUT2D eigenvalue weighted by Crippen LogP contribution is 2.27. The number of hydrogen-bond acceptors (Lipinski definition) is 4. The SMILES string of the molecule is O=C(NCCC1CN(CC2CCCC2)Cc2ccnn2C1)c1cccnc1. The van der Waals surface area contributed by atoms with Crippen LogP contribution >= 0.6 is 0 Å². The Morgan fingerprint density at radius 3 is 2.85 bits per heavy atom. The van der Waals surface area contributed by atoms with E-state index in [4.69, 9.17) is 0 Å². The number of carbonyl (C=O) groups excluding carboxylic acids is 1. The standard InChI is InChI=1S/C21H29N5O/c27-21(19-6-3-9-22-12-19)23-10-7-18-14-25(13-17-4-1-2-5-17)16-20-8-11-24-26(20)15-18/h3,6,8-9,11-12,17-18H,1-2,4-5,7,10,13-16H2,(H,23,27). The van der Waals surface area contributed by atoms with E-state index in [0.717, 1.165) is 32.0 Å². The number of fused-ring (bicyclic) bond motifs is 1. The molecule has 2 aromatic rings. The second kappa shape index (κ2) is 8.65. The molecule has 3 heterocycles. The molecule has 1 amide bonds. The fourth-order valence-corrected chi connectivity index (χ4v) is 4.49. The van der Waals surface area contributed by atoms with Gasteiger partial charge in [-0.3, -0.25) is 19.4 Å². The Hall–Kier alpha value is -2.21. The number of rotatable bonds is 6. The zero-order valence-electron chi connectivity index (χ0n) is 15.9. The molecule has 0 spiro atoms. The van der Waals surface area contributed by atoms with Gasteiger partial charge in [-0.2, -0.15) is 5.10 Å². The molecule has 1 aliphatic heterocycles. The van der Waals surface area contributed by atoms with Crippen LogP contribution in [0.15, 0.2) is 36.8 Å². The molecule has 6 nitrogen and oxygen atoms in total. The summed E-state index contributed by atoms with van der Waals surface area (Å²) >= 11 is 0. The fourth-order valence-electron chi connectivity index (χ4n) is 4.49. The Balaban J connectivity index is 1.34. The Labute approximate surface area is 161 Å². The average molecular weight is 367 g/mol. The van der Waals surface area contributed by atoms with Gasteiger partial charge in [0.25, 0.3) is 5.91 Å². The van der Waals surface area contributed by atoms with Crippen molar-refractivity contribution >= 4 is 5.91 Å². The summed E-state index contributed by atoms with van der Waals surface area (Å²) in [6.07, 6.45) is 11.7. The van der Waals surface area contributed by atoms with E-state index in [1.165, 1.54) is 37.9 Å². The number of aromatic nitrogens is 3. The third-order valence-electron chi connectivity index (χ3n) is 5.89. The number of nitrogens with one attached hydrogen (secondary N) is 1. The van der Waals surface area contributed by atoms with Crippen molar-refractivity contribution in [3.63, 3.8) is 0 Å². The second-order valence-corrected chi connectivity index (χ2v) is 8.00. The lowest BCUT2D eigenvalue weighted by Crippen LogP contribution is -2.34. The minimum atomic E-state index is -0.0423. The molecule has 6 heteroatoms. The zero-order valence-corrected chi connectivity index (χ0v) is 15.9. The highest BCUT2D eigenvalue weighted by Gasteiger charge is 2.25. The van der Waals surface area contributed by atoms with Crippen molar-refractivity contribution in [2.24, 2.45) is 11.8 Å². The molecule has 1 aliphatic carbocycles. The first-order valence-corrected chi connectivity index (χ1v) is 10.2. The molecular formula is C21H29N5O. The second-order valence-electron chi connectivity index (χ2n) is 8.00. The lowest BCUT2D eigenvalue weighted by Gasteiger charge is -2.26. The largest absolute Gasteiger partial charge is 0.352 e. The van der Waals surface area contributed by atoms with Gasteiger partial charge in [-0.15, -0.1) is 0 Å². The first-order valence-electron chi connectivity index (χ1n) is 10.2. The Kier molecular flexibility index (Phi) is 5.82.